The second kappa shape index (κ2) is 11.5. The molecule has 1 fully saturated rings. The lowest BCUT2D eigenvalue weighted by atomic mass is 9.94. The van der Waals surface area contributed by atoms with Crippen LogP contribution in [-0.4, -0.2) is 30.3 Å². The Bertz CT molecular complexity index is 1130. The maximum Gasteiger partial charge on any atom is 0.287 e. The largest absolute Gasteiger partial charge is 0.459 e. The first kappa shape index (κ1) is 24.2. The van der Waals surface area contributed by atoms with Crippen molar-refractivity contribution in [2.24, 2.45) is 0 Å². The van der Waals surface area contributed by atoms with Crippen LogP contribution in [0.1, 0.15) is 54.3 Å². The van der Waals surface area contributed by atoms with E-state index < -0.39 is 23.7 Å². The van der Waals surface area contributed by atoms with E-state index in [1.54, 1.807) is 36.4 Å². The number of hydrogen-bond acceptors (Lipinski definition) is 4. The SMILES string of the molecule is O=C(NCC(=O)N(c1ccccc1)[C@H](C(=O)NC1CCCCC1)c1ccc(F)cc1)c1ccco1. The molecule has 8 heteroatoms. The normalized spacial score (nSPS) is 14.7. The van der Waals surface area contributed by atoms with E-state index in [1.807, 2.05) is 0 Å². The smallest absolute Gasteiger partial charge is 0.287 e. The first-order valence-corrected chi connectivity index (χ1v) is 11.8. The van der Waals surface area contributed by atoms with Crippen LogP contribution in [0.2, 0.25) is 0 Å². The molecule has 0 saturated heterocycles. The van der Waals surface area contributed by atoms with Gasteiger partial charge in [-0.25, -0.2) is 4.39 Å². The summed E-state index contributed by atoms with van der Waals surface area (Å²) in [6, 6.07) is 16.4. The lowest BCUT2D eigenvalue weighted by molar-refractivity contribution is -0.127. The highest BCUT2D eigenvalue weighted by molar-refractivity contribution is 6.04. The molecule has 1 saturated carbocycles. The second-order valence-electron chi connectivity index (χ2n) is 8.56. The van der Waals surface area contributed by atoms with E-state index in [2.05, 4.69) is 10.6 Å². The molecule has 1 atom stereocenters. The number of hydrogen-bond donors (Lipinski definition) is 2. The molecule has 0 spiro atoms. The van der Waals surface area contributed by atoms with Crippen molar-refractivity contribution in [3.05, 3.63) is 90.1 Å². The Morgan fingerprint density at radius 2 is 1.66 bits per heavy atom. The first-order chi connectivity index (χ1) is 17.0. The number of carbonyl (C=O) groups excluding carboxylic acids is 3. The fraction of sp³-hybridized carbons (Fsp3) is 0.296. The zero-order chi connectivity index (χ0) is 24.6. The van der Waals surface area contributed by atoms with Crippen LogP contribution < -0.4 is 15.5 Å². The topological polar surface area (TPSA) is 91.7 Å². The number of amides is 3. The summed E-state index contributed by atoms with van der Waals surface area (Å²) in [5, 5.41) is 5.65. The summed E-state index contributed by atoms with van der Waals surface area (Å²) < 4.78 is 18.8. The van der Waals surface area contributed by atoms with Crippen LogP contribution >= 0.6 is 0 Å². The van der Waals surface area contributed by atoms with Gasteiger partial charge in [-0.3, -0.25) is 19.3 Å². The Balaban J connectivity index is 1.65. The van der Waals surface area contributed by atoms with E-state index in [0.29, 0.717) is 11.3 Å². The number of furan rings is 1. The van der Waals surface area contributed by atoms with Crippen LogP contribution in [-0.2, 0) is 9.59 Å². The summed E-state index contributed by atoms with van der Waals surface area (Å²) in [4.78, 5) is 40.9. The van der Waals surface area contributed by atoms with Gasteiger partial charge < -0.3 is 15.1 Å². The van der Waals surface area contributed by atoms with Crippen molar-refractivity contribution >= 4 is 23.4 Å². The van der Waals surface area contributed by atoms with E-state index in [0.717, 1.165) is 32.1 Å². The summed E-state index contributed by atoms with van der Waals surface area (Å²) in [6.45, 7) is -0.358. The van der Waals surface area contributed by atoms with Crippen LogP contribution in [0.15, 0.2) is 77.4 Å². The van der Waals surface area contributed by atoms with Crippen LogP contribution in [0.25, 0.3) is 0 Å². The van der Waals surface area contributed by atoms with Gasteiger partial charge in [-0.05, 0) is 54.8 Å². The molecule has 2 N–H and O–H groups in total. The zero-order valence-electron chi connectivity index (χ0n) is 19.3. The minimum Gasteiger partial charge on any atom is -0.459 e. The van der Waals surface area contributed by atoms with Gasteiger partial charge in [0.2, 0.25) is 11.8 Å². The highest BCUT2D eigenvalue weighted by Crippen LogP contribution is 2.29. The van der Waals surface area contributed by atoms with Gasteiger partial charge in [0.05, 0.1) is 12.8 Å². The summed E-state index contributed by atoms with van der Waals surface area (Å²) in [5.41, 5.74) is 0.951. The monoisotopic (exact) mass is 477 g/mol. The van der Waals surface area contributed by atoms with Gasteiger partial charge in [-0.2, -0.15) is 0 Å². The van der Waals surface area contributed by atoms with Gasteiger partial charge in [-0.15, -0.1) is 0 Å². The highest BCUT2D eigenvalue weighted by atomic mass is 19.1. The standard InChI is InChI=1S/C27H28FN3O4/c28-20-15-13-19(14-16-20)25(27(34)30-21-8-3-1-4-9-21)31(22-10-5-2-6-11-22)24(32)18-29-26(33)23-12-7-17-35-23/h2,5-7,10-17,21,25H,1,3-4,8-9,18H2,(H,29,33)(H,30,34)/t25-/m0/s1. The van der Waals surface area contributed by atoms with Crippen LogP contribution in [0.4, 0.5) is 10.1 Å². The summed E-state index contributed by atoms with van der Waals surface area (Å²) in [7, 11) is 0. The number of anilines is 1. The van der Waals surface area contributed by atoms with Gasteiger partial charge in [0, 0.05) is 11.7 Å². The number of nitrogens with one attached hydrogen (secondary N) is 2. The third-order valence-electron chi connectivity index (χ3n) is 6.09. The van der Waals surface area contributed by atoms with Crippen molar-refractivity contribution in [2.45, 2.75) is 44.2 Å². The quantitative estimate of drug-likeness (QED) is 0.504. The fourth-order valence-electron chi connectivity index (χ4n) is 4.35. The maximum atomic E-state index is 13.7. The van der Waals surface area contributed by atoms with E-state index in [-0.39, 0.29) is 24.3 Å². The molecule has 1 aliphatic carbocycles. The van der Waals surface area contributed by atoms with Crippen molar-refractivity contribution in [3.8, 4) is 0 Å². The molecule has 0 radical (unpaired) electrons. The Kier molecular flexibility index (Phi) is 7.92. The van der Waals surface area contributed by atoms with Gasteiger partial charge in [-0.1, -0.05) is 49.6 Å². The number of halogens is 1. The van der Waals surface area contributed by atoms with Gasteiger partial charge >= 0.3 is 0 Å². The van der Waals surface area contributed by atoms with E-state index in [1.165, 1.54) is 41.5 Å². The molecule has 4 rings (SSSR count). The Hall–Kier alpha value is -3.94. The van der Waals surface area contributed by atoms with Crippen molar-refractivity contribution in [1.82, 2.24) is 10.6 Å². The van der Waals surface area contributed by atoms with Gasteiger partial charge in [0.25, 0.3) is 5.91 Å². The molecule has 7 nitrogen and oxygen atoms in total. The van der Waals surface area contributed by atoms with E-state index >= 15 is 0 Å². The number of para-hydroxylation sites is 1. The fourth-order valence-corrected chi connectivity index (χ4v) is 4.35. The number of benzene rings is 2. The molecule has 1 heterocycles. The molecule has 0 unspecified atom stereocenters. The lowest BCUT2D eigenvalue weighted by Gasteiger charge is -2.33. The van der Waals surface area contributed by atoms with Crippen molar-refractivity contribution in [2.75, 3.05) is 11.4 Å². The van der Waals surface area contributed by atoms with Crippen LogP contribution in [0, 0.1) is 5.82 Å². The average molecular weight is 478 g/mol. The summed E-state index contributed by atoms with van der Waals surface area (Å²) in [5.74, 6) is -1.75. The van der Waals surface area contributed by atoms with Crippen molar-refractivity contribution in [1.29, 1.82) is 0 Å². The predicted molar refractivity (Wildman–Crippen MR) is 129 cm³/mol. The summed E-state index contributed by atoms with van der Waals surface area (Å²) in [6.07, 6.45) is 6.32. The maximum absolute atomic E-state index is 13.7. The number of nitrogens with zero attached hydrogens (tertiary/aromatic N) is 1. The number of carbonyl (C=O) groups is 3. The molecule has 1 aromatic heterocycles. The van der Waals surface area contributed by atoms with E-state index in [4.69, 9.17) is 4.42 Å². The molecule has 182 valence electrons. The zero-order valence-corrected chi connectivity index (χ0v) is 19.3. The molecular formula is C27H28FN3O4. The minimum atomic E-state index is -1.05. The second-order valence-corrected chi connectivity index (χ2v) is 8.56. The molecule has 0 bridgehead atoms. The third kappa shape index (κ3) is 6.15. The predicted octanol–water partition coefficient (Wildman–Crippen LogP) is 4.37. The van der Waals surface area contributed by atoms with Crippen LogP contribution in [0.3, 0.4) is 0 Å². The molecule has 3 amide bonds. The third-order valence-corrected chi connectivity index (χ3v) is 6.09. The molecule has 0 aliphatic heterocycles. The lowest BCUT2D eigenvalue weighted by Crippen LogP contribution is -2.49. The molecule has 1 aliphatic rings. The van der Waals surface area contributed by atoms with Crippen LogP contribution in [0.5, 0.6) is 0 Å². The van der Waals surface area contributed by atoms with E-state index in [9.17, 15) is 18.8 Å². The summed E-state index contributed by atoms with van der Waals surface area (Å²) >= 11 is 0. The van der Waals surface area contributed by atoms with Crippen molar-refractivity contribution < 1.29 is 23.2 Å². The minimum absolute atomic E-state index is 0.0191. The number of rotatable bonds is 8. The first-order valence-electron chi connectivity index (χ1n) is 11.8. The van der Waals surface area contributed by atoms with Gasteiger partial charge in [0.1, 0.15) is 11.9 Å². The average Bonchev–Trinajstić information content (AvgIpc) is 3.43. The van der Waals surface area contributed by atoms with Gasteiger partial charge in [0.15, 0.2) is 5.76 Å². The Labute approximate surface area is 203 Å². The molecule has 35 heavy (non-hydrogen) atoms. The molecule has 2 aromatic carbocycles. The Morgan fingerprint density at radius 3 is 2.31 bits per heavy atom. The molecular weight excluding hydrogens is 449 g/mol. The highest BCUT2D eigenvalue weighted by Gasteiger charge is 2.34. The Morgan fingerprint density at radius 1 is 0.943 bits per heavy atom. The van der Waals surface area contributed by atoms with Crippen molar-refractivity contribution in [3.63, 3.8) is 0 Å². The molecule has 3 aromatic rings.